The molecule has 1 saturated heterocycles. The molecule has 1 fully saturated rings. The molecule has 0 radical (unpaired) electrons. The summed E-state index contributed by atoms with van der Waals surface area (Å²) in [6.07, 6.45) is 0. The van der Waals surface area contributed by atoms with Crippen LogP contribution in [0.25, 0.3) is 0 Å². The van der Waals surface area contributed by atoms with Crippen molar-refractivity contribution in [3.8, 4) is 0 Å². The molecule has 3 rings (SSSR count). The Balaban J connectivity index is 1.69. The number of amides is 1. The first-order valence-electron chi connectivity index (χ1n) is 7.84. The van der Waals surface area contributed by atoms with Crippen LogP contribution < -0.4 is 0 Å². The second kappa shape index (κ2) is 7.14. The number of hydrogen-bond acceptors (Lipinski definition) is 6. The van der Waals surface area contributed by atoms with Crippen LogP contribution >= 0.6 is 11.3 Å². The number of carboxylic acids is 1. The zero-order valence-electron chi connectivity index (χ0n) is 14.0. The van der Waals surface area contributed by atoms with Crippen molar-refractivity contribution in [2.24, 2.45) is 0 Å². The van der Waals surface area contributed by atoms with Gasteiger partial charge in [-0.15, -0.1) is 11.3 Å². The number of thiophene rings is 1. The zero-order chi connectivity index (χ0) is 18.9. The highest BCUT2D eigenvalue weighted by molar-refractivity contribution is 7.91. The molecule has 0 unspecified atom stereocenters. The largest absolute Gasteiger partial charge is 0.478 e. The van der Waals surface area contributed by atoms with Crippen molar-refractivity contribution in [3.63, 3.8) is 0 Å². The summed E-state index contributed by atoms with van der Waals surface area (Å²) in [5.41, 5.74) is 1.03. The Morgan fingerprint density at radius 1 is 1.19 bits per heavy atom. The van der Waals surface area contributed by atoms with Gasteiger partial charge in [-0.2, -0.15) is 4.31 Å². The smallest absolute Gasteiger partial charge is 0.336 e. The van der Waals surface area contributed by atoms with Crippen molar-refractivity contribution < 1.29 is 23.1 Å². The summed E-state index contributed by atoms with van der Waals surface area (Å²) in [4.78, 5) is 29.2. The molecule has 8 nitrogen and oxygen atoms in total. The van der Waals surface area contributed by atoms with E-state index in [1.165, 1.54) is 9.69 Å². The van der Waals surface area contributed by atoms with Crippen LogP contribution in [0.15, 0.2) is 33.9 Å². The van der Waals surface area contributed by atoms with Gasteiger partial charge in [0.05, 0.1) is 5.56 Å². The molecule has 26 heavy (non-hydrogen) atoms. The van der Waals surface area contributed by atoms with Crippen LogP contribution in [-0.2, 0) is 10.0 Å². The van der Waals surface area contributed by atoms with Crippen molar-refractivity contribution in [2.45, 2.75) is 11.1 Å². The SMILES string of the molecule is Cc1cccc(C(=O)N2CCN(S(=O)(=O)c3cc(C(=O)O)cs3)CC2)n1. The molecule has 0 aliphatic carbocycles. The molecule has 0 saturated carbocycles. The first kappa shape index (κ1) is 18.5. The monoisotopic (exact) mass is 395 g/mol. The molecule has 0 atom stereocenters. The zero-order valence-corrected chi connectivity index (χ0v) is 15.6. The number of sulfonamides is 1. The summed E-state index contributed by atoms with van der Waals surface area (Å²) in [6, 6.07) is 6.36. The quantitative estimate of drug-likeness (QED) is 0.836. The minimum Gasteiger partial charge on any atom is -0.478 e. The van der Waals surface area contributed by atoms with Crippen molar-refractivity contribution in [1.29, 1.82) is 0 Å². The highest BCUT2D eigenvalue weighted by Gasteiger charge is 2.32. The summed E-state index contributed by atoms with van der Waals surface area (Å²) >= 11 is 0.883. The number of piperazine rings is 1. The van der Waals surface area contributed by atoms with Crippen molar-refractivity contribution in [1.82, 2.24) is 14.2 Å². The Hall–Kier alpha value is -2.30. The van der Waals surface area contributed by atoms with Gasteiger partial charge in [0.2, 0.25) is 0 Å². The first-order valence-corrected chi connectivity index (χ1v) is 10.2. The minimum atomic E-state index is -3.76. The lowest BCUT2D eigenvalue weighted by Gasteiger charge is -2.33. The fourth-order valence-corrected chi connectivity index (χ4v) is 5.38. The molecular formula is C16H17N3O5S2. The maximum absolute atomic E-state index is 12.6. The number of aromatic carboxylic acids is 1. The van der Waals surface area contributed by atoms with E-state index in [1.807, 2.05) is 0 Å². The normalized spacial score (nSPS) is 15.8. The Labute approximate surface area is 154 Å². The van der Waals surface area contributed by atoms with Gasteiger partial charge < -0.3 is 10.0 Å². The number of carbonyl (C=O) groups excluding carboxylic acids is 1. The van der Waals surface area contributed by atoms with E-state index in [0.717, 1.165) is 23.1 Å². The van der Waals surface area contributed by atoms with E-state index < -0.39 is 16.0 Å². The average molecular weight is 395 g/mol. The number of aromatic nitrogens is 1. The Bertz CT molecular complexity index is 946. The highest BCUT2D eigenvalue weighted by Crippen LogP contribution is 2.25. The summed E-state index contributed by atoms with van der Waals surface area (Å²) in [7, 11) is -3.76. The number of rotatable bonds is 4. The van der Waals surface area contributed by atoms with Gasteiger partial charge in [0, 0.05) is 37.3 Å². The van der Waals surface area contributed by atoms with Crippen LogP contribution in [0.2, 0.25) is 0 Å². The summed E-state index contributed by atoms with van der Waals surface area (Å²) in [5, 5.41) is 10.2. The minimum absolute atomic E-state index is 0.00460. The third-order valence-corrected chi connectivity index (χ3v) is 7.36. The second-order valence-electron chi connectivity index (χ2n) is 5.82. The standard InChI is InChI=1S/C16H17N3O5S2/c1-11-3-2-4-13(17-11)15(20)18-5-7-19(8-6-18)26(23,24)14-9-12(10-25-14)16(21)22/h2-4,9-10H,5-8H2,1H3,(H,21,22). The summed E-state index contributed by atoms with van der Waals surface area (Å²) < 4.78 is 26.6. The number of carboxylic acid groups (broad SMARTS) is 1. The Kier molecular flexibility index (Phi) is 5.08. The van der Waals surface area contributed by atoms with E-state index in [4.69, 9.17) is 5.11 Å². The second-order valence-corrected chi connectivity index (χ2v) is 8.90. The molecular weight excluding hydrogens is 378 g/mol. The molecule has 2 aromatic rings. The summed E-state index contributed by atoms with van der Waals surface area (Å²) in [6.45, 7) is 2.61. The third kappa shape index (κ3) is 3.62. The van der Waals surface area contributed by atoms with Crippen LogP contribution in [0.3, 0.4) is 0 Å². The van der Waals surface area contributed by atoms with Crippen molar-refractivity contribution in [3.05, 3.63) is 46.6 Å². The maximum Gasteiger partial charge on any atom is 0.336 e. The molecule has 1 amide bonds. The van der Waals surface area contributed by atoms with Crippen LogP contribution in [0.1, 0.15) is 26.5 Å². The van der Waals surface area contributed by atoms with E-state index in [1.54, 1.807) is 30.0 Å². The van der Waals surface area contributed by atoms with Crippen molar-refractivity contribution >= 4 is 33.2 Å². The molecule has 3 heterocycles. The van der Waals surface area contributed by atoms with Crippen LogP contribution in [0.5, 0.6) is 0 Å². The van der Waals surface area contributed by atoms with Gasteiger partial charge in [-0.3, -0.25) is 4.79 Å². The molecule has 138 valence electrons. The lowest BCUT2D eigenvalue weighted by Crippen LogP contribution is -2.50. The number of carbonyl (C=O) groups is 2. The van der Waals surface area contributed by atoms with Crippen LogP contribution in [-0.4, -0.2) is 65.8 Å². The van der Waals surface area contributed by atoms with Gasteiger partial charge in [0.15, 0.2) is 0 Å². The third-order valence-electron chi connectivity index (χ3n) is 4.05. The van der Waals surface area contributed by atoms with Gasteiger partial charge in [0.25, 0.3) is 15.9 Å². The Morgan fingerprint density at radius 2 is 1.88 bits per heavy atom. The van der Waals surface area contributed by atoms with Gasteiger partial charge in [0.1, 0.15) is 9.90 Å². The molecule has 0 aromatic carbocycles. The van der Waals surface area contributed by atoms with Crippen LogP contribution in [0.4, 0.5) is 0 Å². The predicted molar refractivity (Wildman–Crippen MR) is 94.9 cm³/mol. The van der Waals surface area contributed by atoms with E-state index >= 15 is 0 Å². The van der Waals surface area contributed by atoms with E-state index in [2.05, 4.69) is 4.98 Å². The first-order chi connectivity index (χ1) is 12.3. The molecule has 10 heteroatoms. The lowest BCUT2D eigenvalue weighted by atomic mass is 10.2. The fraction of sp³-hybridized carbons (Fsp3) is 0.312. The highest BCUT2D eigenvalue weighted by atomic mass is 32.2. The number of hydrogen-bond donors (Lipinski definition) is 1. The van der Waals surface area contributed by atoms with Gasteiger partial charge in [-0.05, 0) is 25.1 Å². The van der Waals surface area contributed by atoms with Gasteiger partial charge in [-0.25, -0.2) is 18.2 Å². The lowest BCUT2D eigenvalue weighted by molar-refractivity contribution is 0.0685. The Morgan fingerprint density at radius 3 is 2.46 bits per heavy atom. The average Bonchev–Trinajstić information content (AvgIpc) is 3.12. The van der Waals surface area contributed by atoms with E-state index in [-0.39, 0.29) is 41.9 Å². The predicted octanol–water partition coefficient (Wildman–Crippen LogP) is 1.30. The van der Waals surface area contributed by atoms with E-state index in [9.17, 15) is 18.0 Å². The molecule has 1 aliphatic rings. The summed E-state index contributed by atoms with van der Waals surface area (Å²) in [5.74, 6) is -1.39. The molecule has 0 spiro atoms. The van der Waals surface area contributed by atoms with Crippen LogP contribution in [0, 0.1) is 6.92 Å². The molecule has 0 bridgehead atoms. The molecule has 2 aromatic heterocycles. The fourth-order valence-electron chi connectivity index (χ4n) is 2.65. The number of aryl methyl sites for hydroxylation is 1. The van der Waals surface area contributed by atoms with Gasteiger partial charge >= 0.3 is 5.97 Å². The molecule has 1 aliphatic heterocycles. The maximum atomic E-state index is 12.6. The number of nitrogens with zero attached hydrogens (tertiary/aromatic N) is 3. The van der Waals surface area contributed by atoms with E-state index in [0.29, 0.717) is 5.69 Å². The van der Waals surface area contributed by atoms with Gasteiger partial charge in [-0.1, -0.05) is 6.07 Å². The molecule has 1 N–H and O–H groups in total. The topological polar surface area (TPSA) is 108 Å². The van der Waals surface area contributed by atoms with Crippen molar-refractivity contribution in [2.75, 3.05) is 26.2 Å². The number of pyridine rings is 1.